The van der Waals surface area contributed by atoms with Gasteiger partial charge in [-0.3, -0.25) is 4.79 Å². The fraction of sp³-hybridized carbons (Fsp3) is 0.562. The second kappa shape index (κ2) is 7.84. The number of benzene rings is 1. The van der Waals surface area contributed by atoms with Crippen LogP contribution >= 0.6 is 11.1 Å². The minimum absolute atomic E-state index is 0.0921. The maximum absolute atomic E-state index is 11.6. The number of hydrogen-bond donors (Lipinski definition) is 0. The number of ether oxygens (including phenoxy) is 1. The molecule has 20 heavy (non-hydrogen) atoms. The summed E-state index contributed by atoms with van der Waals surface area (Å²) < 4.78 is 5.26. The van der Waals surface area contributed by atoms with Crippen molar-refractivity contribution in [3.63, 3.8) is 0 Å². The molecular formula is C16H23ClO2Si. The third kappa shape index (κ3) is 5.29. The van der Waals surface area contributed by atoms with Gasteiger partial charge in [-0.2, -0.15) is 11.1 Å². The molecule has 0 amide bonds. The fourth-order valence-corrected chi connectivity index (χ4v) is 7.38. The van der Waals surface area contributed by atoms with Gasteiger partial charge in [-0.15, -0.1) is 0 Å². The van der Waals surface area contributed by atoms with E-state index in [0.29, 0.717) is 13.0 Å². The molecule has 1 fully saturated rings. The molecule has 1 aromatic carbocycles. The number of carbonyl (C=O) groups is 1. The van der Waals surface area contributed by atoms with Gasteiger partial charge in [-0.1, -0.05) is 49.6 Å². The highest BCUT2D eigenvalue weighted by Gasteiger charge is 2.33. The van der Waals surface area contributed by atoms with Crippen molar-refractivity contribution in [1.29, 1.82) is 0 Å². The lowest BCUT2D eigenvalue weighted by molar-refractivity contribution is -0.145. The normalized spacial score (nSPS) is 17.1. The largest absolute Gasteiger partial charge is 0.461 e. The molecular weight excluding hydrogens is 288 g/mol. The minimum Gasteiger partial charge on any atom is -0.461 e. The van der Waals surface area contributed by atoms with Crippen LogP contribution < -0.4 is 0 Å². The van der Waals surface area contributed by atoms with E-state index in [1.54, 1.807) is 0 Å². The third-order valence-electron chi connectivity index (χ3n) is 4.00. The summed E-state index contributed by atoms with van der Waals surface area (Å²) in [4.78, 5) is 11.6. The first-order valence-corrected chi connectivity index (χ1v) is 11.2. The van der Waals surface area contributed by atoms with E-state index in [-0.39, 0.29) is 5.97 Å². The van der Waals surface area contributed by atoms with Crippen molar-refractivity contribution in [2.75, 3.05) is 0 Å². The molecule has 0 saturated carbocycles. The Kier molecular flexibility index (Phi) is 6.11. The van der Waals surface area contributed by atoms with Crippen LogP contribution in [0.15, 0.2) is 30.3 Å². The summed E-state index contributed by atoms with van der Waals surface area (Å²) in [5.74, 6) is -0.0921. The molecule has 0 aromatic heterocycles. The lowest BCUT2D eigenvalue weighted by Gasteiger charge is -2.16. The van der Waals surface area contributed by atoms with Crippen LogP contribution in [0.5, 0.6) is 0 Å². The molecule has 0 unspecified atom stereocenters. The van der Waals surface area contributed by atoms with E-state index >= 15 is 0 Å². The zero-order chi connectivity index (χ0) is 14.3. The molecule has 1 heterocycles. The van der Waals surface area contributed by atoms with Gasteiger partial charge in [0.1, 0.15) is 6.61 Å². The van der Waals surface area contributed by atoms with Crippen molar-refractivity contribution >= 4 is 24.4 Å². The second-order valence-electron chi connectivity index (χ2n) is 5.71. The smallest absolute Gasteiger partial charge is 0.306 e. The number of carbonyl (C=O) groups excluding carboxylic acids is 1. The van der Waals surface area contributed by atoms with Gasteiger partial charge >= 0.3 is 5.97 Å². The van der Waals surface area contributed by atoms with E-state index in [9.17, 15) is 4.79 Å². The topological polar surface area (TPSA) is 26.3 Å². The summed E-state index contributed by atoms with van der Waals surface area (Å²) in [7, 11) is -1.41. The van der Waals surface area contributed by atoms with Gasteiger partial charge in [-0.25, -0.2) is 0 Å². The van der Waals surface area contributed by atoms with Crippen molar-refractivity contribution in [3.8, 4) is 0 Å². The van der Waals surface area contributed by atoms with E-state index in [2.05, 4.69) is 0 Å². The molecule has 4 heteroatoms. The van der Waals surface area contributed by atoms with Crippen LogP contribution in [-0.2, 0) is 16.1 Å². The molecule has 2 nitrogen and oxygen atoms in total. The summed E-state index contributed by atoms with van der Waals surface area (Å²) in [6.45, 7) is 0.383. The van der Waals surface area contributed by atoms with Crippen LogP contribution in [0.25, 0.3) is 0 Å². The predicted molar refractivity (Wildman–Crippen MR) is 85.4 cm³/mol. The highest BCUT2D eigenvalue weighted by atomic mass is 35.6. The highest BCUT2D eigenvalue weighted by molar-refractivity contribution is 7.20. The quantitative estimate of drug-likeness (QED) is 0.310. The molecule has 0 atom stereocenters. The molecule has 2 rings (SSSR count). The van der Waals surface area contributed by atoms with Crippen molar-refractivity contribution < 1.29 is 9.53 Å². The fourth-order valence-electron chi connectivity index (χ4n) is 2.78. The van der Waals surface area contributed by atoms with Gasteiger partial charge in [0, 0.05) is 6.42 Å². The van der Waals surface area contributed by atoms with E-state index in [1.807, 2.05) is 30.3 Å². The average molecular weight is 311 g/mol. The van der Waals surface area contributed by atoms with Crippen LogP contribution in [0.2, 0.25) is 18.1 Å². The monoisotopic (exact) mass is 310 g/mol. The Morgan fingerprint density at radius 1 is 1.15 bits per heavy atom. The lowest BCUT2D eigenvalue weighted by Crippen LogP contribution is -2.21. The summed E-state index contributed by atoms with van der Waals surface area (Å²) in [5, 5.41) is 0. The van der Waals surface area contributed by atoms with Gasteiger partial charge in [0.2, 0.25) is 0 Å². The lowest BCUT2D eigenvalue weighted by atomic mass is 10.2. The molecule has 1 aliphatic rings. The first-order chi connectivity index (χ1) is 9.68. The maximum Gasteiger partial charge on any atom is 0.306 e. The Morgan fingerprint density at radius 3 is 2.55 bits per heavy atom. The van der Waals surface area contributed by atoms with Gasteiger partial charge in [0.05, 0.1) is 0 Å². The molecule has 1 aliphatic heterocycles. The first kappa shape index (κ1) is 15.6. The Labute approximate surface area is 127 Å². The van der Waals surface area contributed by atoms with Crippen molar-refractivity contribution in [3.05, 3.63) is 35.9 Å². The van der Waals surface area contributed by atoms with Crippen LogP contribution in [-0.4, -0.2) is 13.4 Å². The Balaban J connectivity index is 1.56. The van der Waals surface area contributed by atoms with Gasteiger partial charge in [-0.05, 0) is 30.1 Å². The van der Waals surface area contributed by atoms with E-state index in [1.165, 1.54) is 31.0 Å². The van der Waals surface area contributed by atoms with Gasteiger partial charge in [0.25, 0.3) is 0 Å². The molecule has 0 radical (unpaired) electrons. The van der Waals surface area contributed by atoms with Crippen LogP contribution in [0.4, 0.5) is 0 Å². The van der Waals surface area contributed by atoms with E-state index in [0.717, 1.165) is 18.4 Å². The third-order valence-corrected chi connectivity index (χ3v) is 9.45. The van der Waals surface area contributed by atoms with Gasteiger partial charge < -0.3 is 4.74 Å². The summed E-state index contributed by atoms with van der Waals surface area (Å²) in [6, 6.07) is 13.5. The van der Waals surface area contributed by atoms with Crippen LogP contribution in [0.3, 0.4) is 0 Å². The molecule has 1 aromatic rings. The first-order valence-electron chi connectivity index (χ1n) is 7.56. The Bertz CT molecular complexity index is 416. The summed E-state index contributed by atoms with van der Waals surface area (Å²) in [6.07, 6.45) is 5.14. The van der Waals surface area contributed by atoms with Crippen molar-refractivity contribution in [2.24, 2.45) is 0 Å². The van der Waals surface area contributed by atoms with Crippen molar-refractivity contribution in [2.45, 2.75) is 56.8 Å². The van der Waals surface area contributed by atoms with Crippen LogP contribution in [0.1, 0.15) is 37.7 Å². The van der Waals surface area contributed by atoms with Crippen molar-refractivity contribution in [1.82, 2.24) is 0 Å². The highest BCUT2D eigenvalue weighted by Crippen LogP contribution is 2.37. The number of esters is 1. The maximum atomic E-state index is 11.6. The number of hydrogen-bond acceptors (Lipinski definition) is 2. The summed E-state index contributed by atoms with van der Waals surface area (Å²) in [5.41, 5.74) is 1.04. The molecule has 0 aliphatic carbocycles. The number of halogens is 1. The molecule has 0 bridgehead atoms. The Morgan fingerprint density at radius 2 is 1.85 bits per heavy atom. The van der Waals surface area contributed by atoms with E-state index in [4.69, 9.17) is 15.8 Å². The Hall–Kier alpha value is -0.803. The number of unbranched alkanes of at least 4 members (excludes halogenated alkanes) is 1. The average Bonchev–Trinajstić information content (AvgIpc) is 2.90. The molecule has 0 N–H and O–H groups in total. The molecule has 0 spiro atoms. The summed E-state index contributed by atoms with van der Waals surface area (Å²) >= 11 is 6.65. The SMILES string of the molecule is O=C(CCCC[Si]1(Cl)CCCC1)OCc1ccccc1. The standard InChI is InChI=1S/C16H23ClO2Si/c17-20(12-6-7-13-20)11-5-4-10-16(18)19-14-15-8-2-1-3-9-15/h1-3,8-9H,4-7,10-14H2. The van der Waals surface area contributed by atoms with Gasteiger partial charge in [0.15, 0.2) is 7.38 Å². The van der Waals surface area contributed by atoms with Crippen LogP contribution in [0, 0.1) is 0 Å². The van der Waals surface area contributed by atoms with E-state index < -0.39 is 7.38 Å². The zero-order valence-electron chi connectivity index (χ0n) is 11.9. The minimum atomic E-state index is -1.41. The predicted octanol–water partition coefficient (Wildman–Crippen LogP) is 4.88. The zero-order valence-corrected chi connectivity index (χ0v) is 13.7. The molecule has 110 valence electrons. The number of rotatable bonds is 7. The molecule has 1 saturated heterocycles. The second-order valence-corrected chi connectivity index (χ2v) is 11.9.